The van der Waals surface area contributed by atoms with Gasteiger partial charge >= 0.3 is 0 Å². The van der Waals surface area contributed by atoms with Gasteiger partial charge in [0.05, 0.1) is 0 Å². The molecule has 1 aliphatic carbocycles. The lowest BCUT2D eigenvalue weighted by Crippen LogP contribution is -2.27. The Morgan fingerprint density at radius 1 is 1.27 bits per heavy atom. The van der Waals surface area contributed by atoms with Gasteiger partial charge in [-0.15, -0.1) is 23.7 Å². The summed E-state index contributed by atoms with van der Waals surface area (Å²) < 4.78 is 0. The molecule has 1 aromatic heterocycles. The quantitative estimate of drug-likeness (QED) is 0.804. The van der Waals surface area contributed by atoms with E-state index in [1.165, 1.54) is 29.8 Å². The van der Waals surface area contributed by atoms with Gasteiger partial charge in [-0.25, -0.2) is 4.98 Å². The van der Waals surface area contributed by atoms with Crippen molar-refractivity contribution in [3.05, 3.63) is 45.9 Å². The summed E-state index contributed by atoms with van der Waals surface area (Å²) in [6.07, 6.45) is 5.71. The van der Waals surface area contributed by atoms with Crippen molar-refractivity contribution in [2.45, 2.75) is 25.8 Å². The molecule has 2 aromatic rings. The number of hydrogen-bond donors (Lipinski definition) is 1. The van der Waals surface area contributed by atoms with Gasteiger partial charge in [-0.1, -0.05) is 23.7 Å². The Hall–Kier alpha value is -0.810. The lowest BCUT2D eigenvalue weighted by Gasteiger charge is -2.21. The fraction of sp³-hybridized carbons (Fsp3) is 0.438. The smallest absolute Gasteiger partial charge is 0.180 e. The lowest BCUT2D eigenvalue weighted by molar-refractivity contribution is 0.260. The molecule has 120 valence electrons. The standard InChI is InChI=1S/C16H20ClN3S.ClH/c17-14-5-3-12(4-6-14)7-8-20(10-13-1-2-13)11-15-9-19-16(18)21-15;/h3-6,9,13H,1-2,7-8,10-11H2,(H2,18,19);1H. The molecule has 22 heavy (non-hydrogen) atoms. The summed E-state index contributed by atoms with van der Waals surface area (Å²) in [7, 11) is 0. The highest BCUT2D eigenvalue weighted by atomic mass is 35.5. The maximum atomic E-state index is 5.93. The Bertz CT molecular complexity index is 581. The van der Waals surface area contributed by atoms with Crippen LogP contribution in [-0.4, -0.2) is 23.0 Å². The van der Waals surface area contributed by atoms with Gasteiger partial charge in [-0.2, -0.15) is 0 Å². The van der Waals surface area contributed by atoms with Crippen LogP contribution in [0.1, 0.15) is 23.3 Å². The summed E-state index contributed by atoms with van der Waals surface area (Å²) >= 11 is 7.53. The minimum Gasteiger partial charge on any atom is -0.375 e. The van der Waals surface area contributed by atoms with Crippen molar-refractivity contribution in [2.24, 2.45) is 5.92 Å². The second-order valence-corrected chi connectivity index (χ2v) is 7.30. The molecule has 3 rings (SSSR count). The van der Waals surface area contributed by atoms with Crippen LogP contribution in [0.15, 0.2) is 30.5 Å². The normalized spacial score (nSPS) is 14.1. The third-order valence-corrected chi connectivity index (χ3v) is 4.86. The van der Waals surface area contributed by atoms with Crippen LogP contribution in [0.5, 0.6) is 0 Å². The van der Waals surface area contributed by atoms with Crippen LogP contribution in [0.4, 0.5) is 5.13 Å². The SMILES string of the molecule is Cl.Nc1ncc(CN(CCc2ccc(Cl)cc2)CC2CC2)s1. The molecule has 0 saturated heterocycles. The van der Waals surface area contributed by atoms with E-state index < -0.39 is 0 Å². The van der Waals surface area contributed by atoms with Crippen molar-refractivity contribution in [3.63, 3.8) is 0 Å². The molecule has 0 unspecified atom stereocenters. The minimum absolute atomic E-state index is 0. The van der Waals surface area contributed by atoms with Gasteiger partial charge in [0, 0.05) is 35.7 Å². The Labute approximate surface area is 146 Å². The van der Waals surface area contributed by atoms with Gasteiger partial charge in [0.15, 0.2) is 5.13 Å². The number of nitrogen functional groups attached to an aromatic ring is 1. The molecule has 2 N–H and O–H groups in total. The minimum atomic E-state index is 0. The number of benzene rings is 1. The van der Waals surface area contributed by atoms with E-state index in [-0.39, 0.29) is 12.4 Å². The summed E-state index contributed by atoms with van der Waals surface area (Å²) in [5, 5.41) is 1.46. The van der Waals surface area contributed by atoms with E-state index in [2.05, 4.69) is 22.0 Å². The van der Waals surface area contributed by atoms with E-state index in [4.69, 9.17) is 17.3 Å². The van der Waals surface area contributed by atoms with E-state index in [1.54, 1.807) is 11.3 Å². The van der Waals surface area contributed by atoms with E-state index in [0.717, 1.165) is 30.5 Å². The van der Waals surface area contributed by atoms with Crippen molar-refractivity contribution in [2.75, 3.05) is 18.8 Å². The number of rotatable bonds is 7. The van der Waals surface area contributed by atoms with Gasteiger partial charge in [0.2, 0.25) is 0 Å². The van der Waals surface area contributed by atoms with Crippen molar-refractivity contribution < 1.29 is 0 Å². The highest BCUT2D eigenvalue weighted by Crippen LogP contribution is 2.30. The zero-order valence-corrected chi connectivity index (χ0v) is 14.8. The fourth-order valence-corrected chi connectivity index (χ4v) is 3.31. The number of hydrogen-bond acceptors (Lipinski definition) is 4. The first-order valence-electron chi connectivity index (χ1n) is 7.36. The van der Waals surface area contributed by atoms with Crippen molar-refractivity contribution >= 4 is 40.5 Å². The summed E-state index contributed by atoms with van der Waals surface area (Å²) in [6.45, 7) is 3.21. The van der Waals surface area contributed by atoms with Crippen LogP contribution in [0.3, 0.4) is 0 Å². The highest BCUT2D eigenvalue weighted by Gasteiger charge is 2.24. The van der Waals surface area contributed by atoms with Gasteiger partial charge < -0.3 is 5.73 Å². The van der Waals surface area contributed by atoms with Crippen LogP contribution >= 0.6 is 35.3 Å². The predicted octanol–water partition coefficient (Wildman–Crippen LogP) is 4.26. The Morgan fingerprint density at radius 2 is 2.00 bits per heavy atom. The molecular weight excluding hydrogens is 337 g/mol. The average molecular weight is 358 g/mol. The van der Waals surface area contributed by atoms with Crippen LogP contribution in [0, 0.1) is 5.92 Å². The number of aromatic nitrogens is 1. The molecule has 1 saturated carbocycles. The van der Waals surface area contributed by atoms with Gasteiger partial charge in [-0.3, -0.25) is 4.90 Å². The Morgan fingerprint density at radius 3 is 2.59 bits per heavy atom. The second-order valence-electron chi connectivity index (χ2n) is 5.72. The van der Waals surface area contributed by atoms with E-state index in [9.17, 15) is 0 Å². The third-order valence-electron chi connectivity index (χ3n) is 3.79. The zero-order valence-electron chi connectivity index (χ0n) is 12.4. The van der Waals surface area contributed by atoms with Crippen LogP contribution in [-0.2, 0) is 13.0 Å². The predicted molar refractivity (Wildman–Crippen MR) is 96.9 cm³/mol. The summed E-state index contributed by atoms with van der Waals surface area (Å²) in [5.41, 5.74) is 7.06. The van der Waals surface area contributed by atoms with Crippen molar-refractivity contribution in [1.29, 1.82) is 0 Å². The zero-order chi connectivity index (χ0) is 14.7. The van der Waals surface area contributed by atoms with Gasteiger partial charge in [-0.05, 0) is 42.9 Å². The van der Waals surface area contributed by atoms with Crippen LogP contribution in [0.2, 0.25) is 5.02 Å². The topological polar surface area (TPSA) is 42.1 Å². The molecule has 1 aliphatic rings. The van der Waals surface area contributed by atoms with E-state index >= 15 is 0 Å². The van der Waals surface area contributed by atoms with Gasteiger partial charge in [0.25, 0.3) is 0 Å². The van der Waals surface area contributed by atoms with Crippen molar-refractivity contribution in [1.82, 2.24) is 9.88 Å². The molecule has 0 amide bonds. The molecule has 0 spiro atoms. The first-order valence-corrected chi connectivity index (χ1v) is 8.55. The maximum absolute atomic E-state index is 5.93. The van der Waals surface area contributed by atoms with E-state index in [0.29, 0.717) is 5.13 Å². The fourth-order valence-electron chi connectivity index (χ4n) is 2.45. The molecule has 0 radical (unpaired) electrons. The molecule has 0 atom stereocenters. The largest absolute Gasteiger partial charge is 0.375 e. The number of nitrogens with zero attached hydrogens (tertiary/aromatic N) is 2. The summed E-state index contributed by atoms with van der Waals surface area (Å²) in [6, 6.07) is 8.16. The summed E-state index contributed by atoms with van der Waals surface area (Å²) in [5.74, 6) is 0.889. The molecule has 1 fully saturated rings. The number of nitrogens with two attached hydrogens (primary N) is 1. The van der Waals surface area contributed by atoms with Crippen LogP contribution in [0.25, 0.3) is 0 Å². The molecule has 0 bridgehead atoms. The molecule has 3 nitrogen and oxygen atoms in total. The van der Waals surface area contributed by atoms with Crippen molar-refractivity contribution in [3.8, 4) is 0 Å². The highest BCUT2D eigenvalue weighted by molar-refractivity contribution is 7.15. The second kappa shape index (κ2) is 8.16. The monoisotopic (exact) mass is 357 g/mol. The first-order chi connectivity index (χ1) is 10.2. The molecule has 1 heterocycles. The first kappa shape index (κ1) is 17.5. The molecule has 1 aromatic carbocycles. The molecule has 6 heteroatoms. The number of thiazole rings is 1. The average Bonchev–Trinajstić information content (AvgIpc) is 3.19. The van der Waals surface area contributed by atoms with Gasteiger partial charge in [0.1, 0.15) is 0 Å². The lowest BCUT2D eigenvalue weighted by atomic mass is 10.1. The summed E-state index contributed by atoms with van der Waals surface area (Å²) in [4.78, 5) is 7.93. The number of anilines is 1. The number of halogens is 2. The Kier molecular flexibility index (Phi) is 6.50. The molecular formula is C16H21Cl2N3S. The third kappa shape index (κ3) is 5.43. The maximum Gasteiger partial charge on any atom is 0.180 e. The Balaban J connectivity index is 0.00000176. The van der Waals surface area contributed by atoms with Crippen LogP contribution < -0.4 is 5.73 Å². The van der Waals surface area contributed by atoms with E-state index in [1.807, 2.05) is 18.3 Å². The molecule has 0 aliphatic heterocycles.